The van der Waals surface area contributed by atoms with Crippen LogP contribution < -0.4 is 4.90 Å². The van der Waals surface area contributed by atoms with E-state index in [0.717, 1.165) is 54.1 Å². The summed E-state index contributed by atoms with van der Waals surface area (Å²) >= 11 is 0. The Bertz CT molecular complexity index is 1120. The van der Waals surface area contributed by atoms with Crippen LogP contribution in [0.4, 0.5) is 14.5 Å². The molecule has 2 aromatic carbocycles. The van der Waals surface area contributed by atoms with Crippen molar-refractivity contribution < 1.29 is 18.4 Å². The standard InChI is InChI=1S/C25H27F2N3O2/c1-15-5-6-17(13-16(15)2)22-23(29(4)18-9-11-28(3)12-10-18)25(32)30(24(22)31)19-7-8-20(26)21(27)14-19/h5-8,13-14,18H,9-12H2,1-4H3. The van der Waals surface area contributed by atoms with E-state index < -0.39 is 23.4 Å². The largest absolute Gasteiger partial charge is 0.366 e. The van der Waals surface area contributed by atoms with Crippen molar-refractivity contribution in [3.8, 4) is 0 Å². The first-order chi connectivity index (χ1) is 15.2. The molecule has 1 saturated heterocycles. The molecule has 0 saturated carbocycles. The van der Waals surface area contributed by atoms with Gasteiger partial charge in [-0.2, -0.15) is 0 Å². The highest BCUT2D eigenvalue weighted by atomic mass is 19.2. The number of carbonyl (C=O) groups excluding carboxylic acids is 2. The number of piperidine rings is 1. The third-order valence-corrected chi connectivity index (χ3v) is 6.60. The Hall–Kier alpha value is -3.06. The lowest BCUT2D eigenvalue weighted by Crippen LogP contribution is -2.43. The van der Waals surface area contributed by atoms with Gasteiger partial charge >= 0.3 is 0 Å². The van der Waals surface area contributed by atoms with Gasteiger partial charge in [0.05, 0.1) is 11.3 Å². The zero-order valence-corrected chi connectivity index (χ0v) is 18.8. The van der Waals surface area contributed by atoms with E-state index in [4.69, 9.17) is 0 Å². The van der Waals surface area contributed by atoms with Gasteiger partial charge in [-0.1, -0.05) is 18.2 Å². The Labute approximate surface area is 186 Å². The summed E-state index contributed by atoms with van der Waals surface area (Å²) in [6.07, 6.45) is 1.73. The smallest absolute Gasteiger partial charge is 0.282 e. The summed E-state index contributed by atoms with van der Waals surface area (Å²) in [5, 5.41) is 0. The van der Waals surface area contributed by atoms with Crippen LogP contribution in [-0.2, 0) is 9.59 Å². The number of rotatable bonds is 4. The Morgan fingerprint density at radius 2 is 1.59 bits per heavy atom. The highest BCUT2D eigenvalue weighted by Crippen LogP contribution is 2.37. The molecule has 0 aliphatic carbocycles. The van der Waals surface area contributed by atoms with Crippen LogP contribution in [0.2, 0.25) is 0 Å². The van der Waals surface area contributed by atoms with Gasteiger partial charge in [0.2, 0.25) is 0 Å². The molecular weight excluding hydrogens is 412 g/mol. The van der Waals surface area contributed by atoms with Gasteiger partial charge in [0.15, 0.2) is 11.6 Å². The number of hydrogen-bond donors (Lipinski definition) is 0. The average Bonchev–Trinajstić information content (AvgIpc) is 3.02. The number of benzene rings is 2. The van der Waals surface area contributed by atoms with Crippen molar-refractivity contribution >= 4 is 23.1 Å². The van der Waals surface area contributed by atoms with Crippen molar-refractivity contribution in [2.75, 3.05) is 32.1 Å². The molecule has 0 spiro atoms. The lowest BCUT2D eigenvalue weighted by molar-refractivity contribution is -0.120. The minimum absolute atomic E-state index is 0.0204. The Balaban J connectivity index is 1.81. The summed E-state index contributed by atoms with van der Waals surface area (Å²) < 4.78 is 27.4. The van der Waals surface area contributed by atoms with Crippen molar-refractivity contribution in [2.45, 2.75) is 32.7 Å². The second-order valence-electron chi connectivity index (χ2n) is 8.71. The predicted octanol–water partition coefficient (Wildman–Crippen LogP) is 3.89. The van der Waals surface area contributed by atoms with Crippen molar-refractivity contribution in [3.05, 3.63) is 70.4 Å². The molecule has 0 N–H and O–H groups in total. The Kier molecular flexibility index (Phi) is 5.86. The molecule has 0 unspecified atom stereocenters. The van der Waals surface area contributed by atoms with E-state index in [1.807, 2.05) is 44.0 Å². The van der Waals surface area contributed by atoms with Crippen LogP contribution in [-0.4, -0.2) is 54.8 Å². The van der Waals surface area contributed by atoms with Crippen LogP contribution >= 0.6 is 0 Å². The van der Waals surface area contributed by atoms with Crippen LogP contribution in [0.5, 0.6) is 0 Å². The van der Waals surface area contributed by atoms with Crippen LogP contribution in [0.15, 0.2) is 42.1 Å². The van der Waals surface area contributed by atoms with E-state index in [9.17, 15) is 18.4 Å². The number of likely N-dealkylation sites (tertiary alicyclic amines) is 1. The highest BCUT2D eigenvalue weighted by Gasteiger charge is 2.43. The molecule has 0 bridgehead atoms. The van der Waals surface area contributed by atoms with E-state index in [-0.39, 0.29) is 11.7 Å². The van der Waals surface area contributed by atoms with Gasteiger partial charge in [0.1, 0.15) is 5.70 Å². The molecule has 1 fully saturated rings. The quantitative estimate of drug-likeness (QED) is 0.678. The molecule has 168 valence electrons. The van der Waals surface area contributed by atoms with Crippen LogP contribution in [0, 0.1) is 25.5 Å². The van der Waals surface area contributed by atoms with Crippen LogP contribution in [0.3, 0.4) is 0 Å². The number of hydrogen-bond acceptors (Lipinski definition) is 4. The molecule has 7 heteroatoms. The molecule has 2 aliphatic heterocycles. The average molecular weight is 440 g/mol. The number of halogens is 2. The minimum atomic E-state index is -1.10. The molecule has 0 aromatic heterocycles. The fourth-order valence-electron chi connectivity index (χ4n) is 4.43. The third-order valence-electron chi connectivity index (χ3n) is 6.60. The molecule has 0 atom stereocenters. The fraction of sp³-hybridized carbons (Fsp3) is 0.360. The van der Waals surface area contributed by atoms with Gasteiger partial charge in [0, 0.05) is 19.2 Å². The van der Waals surface area contributed by atoms with E-state index in [1.165, 1.54) is 6.07 Å². The fourth-order valence-corrected chi connectivity index (χ4v) is 4.43. The lowest BCUT2D eigenvalue weighted by Gasteiger charge is -2.36. The first-order valence-electron chi connectivity index (χ1n) is 10.8. The molecule has 32 heavy (non-hydrogen) atoms. The van der Waals surface area contributed by atoms with E-state index >= 15 is 0 Å². The summed E-state index contributed by atoms with van der Waals surface area (Å²) in [7, 11) is 3.90. The van der Waals surface area contributed by atoms with E-state index in [2.05, 4.69) is 11.9 Å². The maximum Gasteiger partial charge on any atom is 0.282 e. The third kappa shape index (κ3) is 3.81. The second-order valence-corrected chi connectivity index (χ2v) is 8.71. The summed E-state index contributed by atoms with van der Waals surface area (Å²) in [5.41, 5.74) is 3.34. The second kappa shape index (κ2) is 8.47. The number of carbonyl (C=O) groups is 2. The molecule has 4 rings (SSSR count). The molecular formula is C25H27F2N3O2. The number of amides is 2. The molecule has 2 amide bonds. The number of aryl methyl sites for hydroxylation is 2. The van der Waals surface area contributed by atoms with Crippen LogP contribution in [0.1, 0.15) is 29.5 Å². The van der Waals surface area contributed by atoms with Gasteiger partial charge in [-0.25, -0.2) is 13.7 Å². The monoisotopic (exact) mass is 439 g/mol. The minimum Gasteiger partial charge on any atom is -0.366 e. The van der Waals surface area contributed by atoms with Gasteiger partial charge in [-0.05, 0) is 75.6 Å². The molecule has 2 aliphatic rings. The van der Waals surface area contributed by atoms with Gasteiger partial charge in [-0.15, -0.1) is 0 Å². The highest BCUT2D eigenvalue weighted by molar-refractivity contribution is 6.45. The molecule has 2 aromatic rings. The topological polar surface area (TPSA) is 43.9 Å². The first-order valence-corrected chi connectivity index (χ1v) is 10.8. The zero-order valence-electron chi connectivity index (χ0n) is 18.8. The van der Waals surface area contributed by atoms with Gasteiger partial charge in [0.25, 0.3) is 11.8 Å². The zero-order chi connectivity index (χ0) is 23.2. The van der Waals surface area contributed by atoms with Crippen molar-refractivity contribution in [3.63, 3.8) is 0 Å². The lowest BCUT2D eigenvalue weighted by atomic mass is 9.97. The maximum absolute atomic E-state index is 13.9. The maximum atomic E-state index is 13.9. The Morgan fingerprint density at radius 3 is 2.22 bits per heavy atom. The van der Waals surface area contributed by atoms with Crippen LogP contribution in [0.25, 0.3) is 5.57 Å². The normalized spacial score (nSPS) is 18.1. The van der Waals surface area contributed by atoms with Gasteiger partial charge < -0.3 is 9.80 Å². The number of nitrogens with zero attached hydrogens (tertiary/aromatic N) is 3. The molecule has 0 radical (unpaired) electrons. The predicted molar refractivity (Wildman–Crippen MR) is 120 cm³/mol. The Morgan fingerprint density at radius 1 is 0.906 bits per heavy atom. The summed E-state index contributed by atoms with van der Waals surface area (Å²) in [6, 6.07) is 8.83. The number of anilines is 1. The van der Waals surface area contributed by atoms with Crippen molar-refractivity contribution in [1.29, 1.82) is 0 Å². The van der Waals surface area contributed by atoms with E-state index in [1.54, 1.807) is 0 Å². The molecule has 5 nitrogen and oxygen atoms in total. The van der Waals surface area contributed by atoms with E-state index in [0.29, 0.717) is 16.8 Å². The first kappa shape index (κ1) is 22.1. The molecule has 2 heterocycles. The summed E-state index contributed by atoms with van der Waals surface area (Å²) in [6.45, 7) is 5.73. The summed E-state index contributed by atoms with van der Waals surface area (Å²) in [4.78, 5) is 32.2. The van der Waals surface area contributed by atoms with Crippen molar-refractivity contribution in [1.82, 2.24) is 9.80 Å². The number of likely N-dealkylation sites (N-methyl/N-ethyl adjacent to an activating group) is 1. The SMILES string of the molecule is Cc1ccc(C2=C(N(C)C3CCN(C)CC3)C(=O)N(c3ccc(F)c(F)c3)C2=O)cc1C. The number of imide groups is 1. The summed E-state index contributed by atoms with van der Waals surface area (Å²) in [5.74, 6) is -3.18. The van der Waals surface area contributed by atoms with Gasteiger partial charge in [-0.3, -0.25) is 9.59 Å². The van der Waals surface area contributed by atoms with Crippen molar-refractivity contribution in [2.24, 2.45) is 0 Å².